The smallest absolute Gasteiger partial charge is 0.410 e. The lowest BCUT2D eigenvalue weighted by molar-refractivity contribution is 0.0102. The number of nitrogens with one attached hydrogen (secondary N) is 3. The molecule has 1 aliphatic rings. The average Bonchev–Trinajstić information content (AvgIpc) is 2.83. The Morgan fingerprint density at radius 2 is 2.04 bits per heavy atom. The molecule has 3 amide bonds. The van der Waals surface area contributed by atoms with Gasteiger partial charge < -0.3 is 20.3 Å². The number of nitrogens with zero attached hydrogens (tertiary/aromatic N) is 2. The van der Waals surface area contributed by atoms with E-state index in [1.165, 1.54) is 0 Å². The molecule has 0 saturated carbocycles. The maximum Gasteiger partial charge on any atom is 0.410 e. The molecule has 1 aromatic heterocycles. The van der Waals surface area contributed by atoms with Crippen LogP contribution in [0.5, 0.6) is 0 Å². The highest BCUT2D eigenvalue weighted by atomic mass is 16.6. The van der Waals surface area contributed by atoms with Crippen molar-refractivity contribution < 1.29 is 14.3 Å². The summed E-state index contributed by atoms with van der Waals surface area (Å²) in [5.74, 6) is 0. The van der Waals surface area contributed by atoms with Gasteiger partial charge in [0.2, 0.25) is 0 Å². The van der Waals surface area contributed by atoms with Crippen molar-refractivity contribution in [2.24, 2.45) is 0 Å². The summed E-state index contributed by atoms with van der Waals surface area (Å²) in [6, 6.07) is -0.358. The van der Waals surface area contributed by atoms with Crippen LogP contribution < -0.4 is 10.6 Å². The number of carbonyl (C=O) groups is 2. The lowest BCUT2D eigenvalue weighted by Gasteiger charge is -2.36. The first-order chi connectivity index (χ1) is 11.7. The minimum atomic E-state index is -0.528. The molecule has 1 unspecified atom stereocenters. The molecule has 0 aromatic carbocycles. The Morgan fingerprint density at radius 1 is 1.32 bits per heavy atom. The summed E-state index contributed by atoms with van der Waals surface area (Å²) in [5, 5.41) is 12.5. The second kappa shape index (κ2) is 7.76. The molecular weight excluding hydrogens is 322 g/mol. The predicted molar refractivity (Wildman–Crippen MR) is 95.7 cm³/mol. The van der Waals surface area contributed by atoms with Crippen molar-refractivity contribution in [2.45, 2.75) is 65.5 Å². The van der Waals surface area contributed by atoms with E-state index in [2.05, 4.69) is 20.8 Å². The van der Waals surface area contributed by atoms with Crippen LogP contribution in [0.25, 0.3) is 0 Å². The minimum absolute atomic E-state index is 0.0547. The van der Waals surface area contributed by atoms with Gasteiger partial charge in [-0.25, -0.2) is 9.59 Å². The highest BCUT2D eigenvalue weighted by Gasteiger charge is 2.30. The van der Waals surface area contributed by atoms with E-state index < -0.39 is 5.60 Å². The zero-order valence-corrected chi connectivity index (χ0v) is 15.7. The molecule has 8 heteroatoms. The third-order valence-electron chi connectivity index (χ3n) is 4.12. The van der Waals surface area contributed by atoms with Gasteiger partial charge in [-0.3, -0.25) is 5.10 Å². The number of anilines is 1. The van der Waals surface area contributed by atoms with Crippen molar-refractivity contribution in [1.29, 1.82) is 0 Å². The second-order valence-electron chi connectivity index (χ2n) is 7.47. The topological polar surface area (TPSA) is 99.4 Å². The summed E-state index contributed by atoms with van der Waals surface area (Å²) >= 11 is 0. The number of rotatable bonds is 3. The molecule has 8 nitrogen and oxygen atoms in total. The van der Waals surface area contributed by atoms with Gasteiger partial charge in [-0.15, -0.1) is 0 Å². The molecule has 1 aliphatic heterocycles. The molecule has 0 bridgehead atoms. The number of urea groups is 1. The quantitative estimate of drug-likeness (QED) is 0.779. The molecule has 2 rings (SSSR count). The highest BCUT2D eigenvalue weighted by Crippen LogP contribution is 2.20. The lowest BCUT2D eigenvalue weighted by atomic mass is 10.0. The van der Waals surface area contributed by atoms with Gasteiger partial charge in [0.1, 0.15) is 5.60 Å². The molecular formula is C17H29N5O3. The van der Waals surface area contributed by atoms with Crippen molar-refractivity contribution in [2.75, 3.05) is 18.4 Å². The summed E-state index contributed by atoms with van der Waals surface area (Å²) in [6.07, 6.45) is 2.52. The zero-order chi connectivity index (χ0) is 18.6. The van der Waals surface area contributed by atoms with Gasteiger partial charge in [-0.2, -0.15) is 5.10 Å². The number of ether oxygens (including phenoxy) is 1. The minimum Gasteiger partial charge on any atom is -0.444 e. The van der Waals surface area contributed by atoms with Crippen molar-refractivity contribution in [3.8, 4) is 0 Å². The number of piperidine rings is 1. The molecule has 0 aliphatic carbocycles. The van der Waals surface area contributed by atoms with Gasteiger partial charge in [0.25, 0.3) is 0 Å². The van der Waals surface area contributed by atoms with Crippen molar-refractivity contribution >= 4 is 17.8 Å². The van der Waals surface area contributed by atoms with Gasteiger partial charge >= 0.3 is 12.1 Å². The van der Waals surface area contributed by atoms with E-state index >= 15 is 0 Å². The summed E-state index contributed by atoms with van der Waals surface area (Å²) in [4.78, 5) is 26.3. The van der Waals surface area contributed by atoms with Crippen LogP contribution in [0.2, 0.25) is 0 Å². The van der Waals surface area contributed by atoms with E-state index in [4.69, 9.17) is 4.74 Å². The first-order valence-corrected chi connectivity index (χ1v) is 8.73. The molecule has 140 valence electrons. The Hall–Kier alpha value is -2.25. The Kier molecular flexibility index (Phi) is 5.92. The predicted octanol–water partition coefficient (Wildman–Crippen LogP) is 2.94. The fourth-order valence-corrected chi connectivity index (χ4v) is 2.88. The van der Waals surface area contributed by atoms with Crippen molar-refractivity contribution in [3.05, 3.63) is 11.4 Å². The first kappa shape index (κ1) is 19.1. The van der Waals surface area contributed by atoms with E-state index in [-0.39, 0.29) is 18.2 Å². The molecule has 3 N–H and O–H groups in total. The van der Waals surface area contributed by atoms with Crippen LogP contribution in [0.1, 0.15) is 51.4 Å². The Balaban J connectivity index is 1.90. The largest absolute Gasteiger partial charge is 0.444 e. The molecule has 1 fully saturated rings. The van der Waals surface area contributed by atoms with Gasteiger partial charge in [0, 0.05) is 13.1 Å². The third kappa shape index (κ3) is 5.37. The summed E-state index contributed by atoms with van der Waals surface area (Å²) < 4.78 is 5.48. The number of aryl methyl sites for hydroxylation is 2. The number of hydrogen-bond donors (Lipinski definition) is 3. The highest BCUT2D eigenvalue weighted by molar-refractivity contribution is 5.90. The van der Waals surface area contributed by atoms with Gasteiger partial charge in [-0.05, 0) is 53.9 Å². The molecule has 1 aromatic rings. The number of aromatic amines is 1. The summed E-state index contributed by atoms with van der Waals surface area (Å²) in [6.45, 7) is 10.3. The molecule has 0 radical (unpaired) electrons. The van der Waals surface area contributed by atoms with E-state index in [9.17, 15) is 9.59 Å². The molecule has 1 atom stereocenters. The van der Waals surface area contributed by atoms with Crippen LogP contribution in [-0.4, -0.2) is 52.0 Å². The monoisotopic (exact) mass is 351 g/mol. The van der Waals surface area contributed by atoms with Crippen LogP contribution in [0.3, 0.4) is 0 Å². The molecule has 0 spiro atoms. The maximum absolute atomic E-state index is 12.4. The number of hydrogen-bond acceptors (Lipinski definition) is 4. The fourth-order valence-electron chi connectivity index (χ4n) is 2.88. The van der Waals surface area contributed by atoms with Crippen LogP contribution in [-0.2, 0) is 4.74 Å². The first-order valence-electron chi connectivity index (χ1n) is 8.73. The van der Waals surface area contributed by atoms with E-state index in [1.54, 1.807) is 4.90 Å². The van der Waals surface area contributed by atoms with Gasteiger partial charge in [0.05, 0.1) is 23.1 Å². The van der Waals surface area contributed by atoms with E-state index in [0.717, 1.165) is 30.7 Å². The Bertz CT molecular complexity index is 601. The number of H-pyrrole nitrogens is 1. The molecule has 1 saturated heterocycles. The van der Waals surface area contributed by atoms with E-state index in [1.807, 2.05) is 34.6 Å². The van der Waals surface area contributed by atoms with Crippen LogP contribution >= 0.6 is 0 Å². The van der Waals surface area contributed by atoms with E-state index in [0.29, 0.717) is 18.8 Å². The van der Waals surface area contributed by atoms with Crippen molar-refractivity contribution in [1.82, 2.24) is 20.4 Å². The average molecular weight is 351 g/mol. The zero-order valence-electron chi connectivity index (χ0n) is 15.7. The molecule has 25 heavy (non-hydrogen) atoms. The number of amides is 3. The van der Waals surface area contributed by atoms with Gasteiger partial charge in [0.15, 0.2) is 0 Å². The second-order valence-corrected chi connectivity index (χ2v) is 7.47. The molecule has 2 heterocycles. The SMILES string of the molecule is Cc1n[nH]c(C)c1NC(=O)NCC1CCCCN1C(=O)OC(C)(C)C. The normalized spacial score (nSPS) is 18.0. The van der Waals surface area contributed by atoms with Crippen LogP contribution in [0.4, 0.5) is 15.3 Å². The van der Waals surface area contributed by atoms with Crippen LogP contribution in [0.15, 0.2) is 0 Å². The number of likely N-dealkylation sites (tertiary alicyclic amines) is 1. The van der Waals surface area contributed by atoms with Crippen LogP contribution in [0, 0.1) is 13.8 Å². The number of carbonyl (C=O) groups excluding carboxylic acids is 2. The lowest BCUT2D eigenvalue weighted by Crippen LogP contribution is -2.51. The fraction of sp³-hybridized carbons (Fsp3) is 0.706. The Labute approximate surface area is 148 Å². The standard InChI is InChI=1S/C17H29N5O3/c1-11-14(12(2)21-20-11)19-15(23)18-10-13-8-6-7-9-22(13)16(24)25-17(3,4)5/h13H,6-10H2,1-5H3,(H,20,21)(H2,18,19,23). The summed E-state index contributed by atoms with van der Waals surface area (Å²) in [5.41, 5.74) is 1.70. The maximum atomic E-state index is 12.4. The summed E-state index contributed by atoms with van der Waals surface area (Å²) in [7, 11) is 0. The van der Waals surface area contributed by atoms with Crippen molar-refractivity contribution in [3.63, 3.8) is 0 Å². The Morgan fingerprint density at radius 3 is 2.64 bits per heavy atom. The number of aromatic nitrogens is 2. The van der Waals surface area contributed by atoms with Gasteiger partial charge in [-0.1, -0.05) is 0 Å². The third-order valence-corrected chi connectivity index (χ3v) is 4.12.